The van der Waals surface area contributed by atoms with Crippen molar-refractivity contribution in [2.45, 2.75) is 77.0 Å². The second kappa shape index (κ2) is 15.1. The quantitative estimate of drug-likeness (QED) is 0.138. The molecular weight excluding hydrogens is 524 g/mol. The number of esters is 1. The highest BCUT2D eigenvalue weighted by Crippen LogP contribution is 2.24. The number of aliphatic imine (C=N–C) groups is 1. The molecule has 0 aromatic heterocycles. The fraction of sp³-hybridized carbons (Fsp3) is 0.905. The zero-order chi connectivity index (χ0) is 21.8. The van der Waals surface area contributed by atoms with E-state index < -0.39 is 12.7 Å². The summed E-state index contributed by atoms with van der Waals surface area (Å²) in [7, 11) is 0. The van der Waals surface area contributed by atoms with E-state index in [4.69, 9.17) is 4.74 Å². The second-order valence-electron chi connectivity index (χ2n) is 8.31. The van der Waals surface area contributed by atoms with Gasteiger partial charge in [0.2, 0.25) is 0 Å². The maximum atomic E-state index is 12.5. The molecule has 0 spiro atoms. The molecule has 1 heterocycles. The summed E-state index contributed by atoms with van der Waals surface area (Å²) < 4.78 is 42.8. The number of ether oxygens (including phenoxy) is 1. The minimum absolute atomic E-state index is 0. The topological polar surface area (TPSA) is 66.0 Å². The Labute approximate surface area is 201 Å². The van der Waals surface area contributed by atoms with Crippen LogP contribution in [0.2, 0.25) is 0 Å². The summed E-state index contributed by atoms with van der Waals surface area (Å²) in [6.07, 6.45) is 3.81. The first-order valence-corrected chi connectivity index (χ1v) is 11.4. The third kappa shape index (κ3) is 12.7. The van der Waals surface area contributed by atoms with Crippen molar-refractivity contribution in [1.29, 1.82) is 0 Å². The highest BCUT2D eigenvalue weighted by molar-refractivity contribution is 14.0. The summed E-state index contributed by atoms with van der Waals surface area (Å²) in [4.78, 5) is 17.8. The van der Waals surface area contributed by atoms with Crippen LogP contribution in [0.25, 0.3) is 0 Å². The molecule has 0 bridgehead atoms. The number of likely N-dealkylation sites (tertiary alicyclic amines) is 1. The molecule has 0 aromatic rings. The number of nitrogens with one attached hydrogen (secondary N) is 2. The molecule has 0 atom stereocenters. The Bertz CT molecular complexity index is 535. The lowest BCUT2D eigenvalue weighted by atomic mass is 9.93. The number of piperidine rings is 1. The van der Waals surface area contributed by atoms with Gasteiger partial charge in [0.15, 0.2) is 5.96 Å². The predicted molar refractivity (Wildman–Crippen MR) is 127 cm³/mol. The molecular formula is C21H38F3IN4O2. The zero-order valence-corrected chi connectivity index (χ0v) is 20.8. The number of hydrogen-bond donors (Lipinski definition) is 2. The highest BCUT2D eigenvalue weighted by Gasteiger charge is 2.32. The van der Waals surface area contributed by atoms with E-state index in [1.54, 1.807) is 0 Å². The second-order valence-corrected chi connectivity index (χ2v) is 8.31. The first kappa shape index (κ1) is 28.3. The van der Waals surface area contributed by atoms with Crippen molar-refractivity contribution < 1.29 is 22.7 Å². The largest absolute Gasteiger partial charge is 0.462 e. The summed E-state index contributed by atoms with van der Waals surface area (Å²) in [5.74, 6) is 1.03. The van der Waals surface area contributed by atoms with E-state index in [9.17, 15) is 18.0 Å². The molecule has 10 heteroatoms. The molecule has 2 rings (SSSR count). The lowest BCUT2D eigenvalue weighted by Crippen LogP contribution is -2.41. The van der Waals surface area contributed by atoms with Crippen molar-refractivity contribution in [3.63, 3.8) is 0 Å². The highest BCUT2D eigenvalue weighted by atomic mass is 127. The number of nitrogens with zero attached hydrogens (tertiary/aromatic N) is 2. The molecule has 0 aromatic carbocycles. The van der Waals surface area contributed by atoms with Gasteiger partial charge in [0.05, 0.1) is 6.54 Å². The molecule has 2 N–H and O–H groups in total. The molecule has 0 amide bonds. The normalized spacial score (nSPS) is 19.2. The monoisotopic (exact) mass is 562 g/mol. The van der Waals surface area contributed by atoms with Crippen molar-refractivity contribution in [2.24, 2.45) is 10.9 Å². The van der Waals surface area contributed by atoms with Crippen LogP contribution in [0.15, 0.2) is 4.99 Å². The summed E-state index contributed by atoms with van der Waals surface area (Å²) in [6.45, 7) is 4.23. The molecule has 0 radical (unpaired) electrons. The first-order chi connectivity index (χ1) is 14.4. The van der Waals surface area contributed by atoms with Crippen LogP contribution >= 0.6 is 24.0 Å². The molecule has 6 nitrogen and oxygen atoms in total. The Hall–Kier alpha value is -0.780. The van der Waals surface area contributed by atoms with Gasteiger partial charge < -0.3 is 15.4 Å². The van der Waals surface area contributed by atoms with E-state index in [0.717, 1.165) is 64.0 Å². The third-order valence-electron chi connectivity index (χ3n) is 5.71. The van der Waals surface area contributed by atoms with Crippen LogP contribution in [0.1, 0.15) is 64.7 Å². The van der Waals surface area contributed by atoms with Crippen LogP contribution in [0.5, 0.6) is 0 Å². The fourth-order valence-electron chi connectivity index (χ4n) is 4.09. The van der Waals surface area contributed by atoms with Crippen LogP contribution in [0, 0.1) is 5.92 Å². The average Bonchev–Trinajstić information content (AvgIpc) is 3.18. The number of halogens is 4. The van der Waals surface area contributed by atoms with Crippen molar-refractivity contribution in [3.05, 3.63) is 0 Å². The van der Waals surface area contributed by atoms with Gasteiger partial charge in [-0.15, -0.1) is 24.0 Å². The molecule has 1 saturated carbocycles. The smallest absolute Gasteiger partial charge is 0.401 e. The summed E-state index contributed by atoms with van der Waals surface area (Å²) in [5.41, 5.74) is 0. The minimum Gasteiger partial charge on any atom is -0.462 e. The molecule has 182 valence electrons. The average molecular weight is 562 g/mol. The maximum absolute atomic E-state index is 12.5. The van der Waals surface area contributed by atoms with Gasteiger partial charge in [-0.3, -0.25) is 14.7 Å². The van der Waals surface area contributed by atoms with Crippen molar-refractivity contribution in [1.82, 2.24) is 15.5 Å². The van der Waals surface area contributed by atoms with Crippen LogP contribution in [-0.4, -0.2) is 68.4 Å². The Balaban J connectivity index is 0.00000480. The molecule has 31 heavy (non-hydrogen) atoms. The SMILES string of the molecule is CCNC(=NCCCC(=O)OC1CCCC1)NCCC1CCN(CC(F)(F)F)CC1.I. The standard InChI is InChI=1S/C21H37F3N4O2.HI/c1-2-25-20(26-12-5-8-19(29)30-18-6-3-4-7-18)27-13-9-17-10-14-28(15-11-17)16-21(22,23)24;/h17-18H,2-16H2,1H3,(H2,25,26,27);1H. The number of guanidine groups is 1. The maximum Gasteiger partial charge on any atom is 0.401 e. The van der Waals surface area contributed by atoms with E-state index in [-0.39, 0.29) is 36.0 Å². The van der Waals surface area contributed by atoms with Gasteiger partial charge in [0.25, 0.3) is 0 Å². The van der Waals surface area contributed by atoms with E-state index in [1.165, 1.54) is 4.90 Å². The van der Waals surface area contributed by atoms with Crippen LogP contribution in [0.4, 0.5) is 13.2 Å². The van der Waals surface area contributed by atoms with Gasteiger partial charge in [-0.1, -0.05) is 0 Å². The van der Waals surface area contributed by atoms with Gasteiger partial charge in [-0.05, 0) is 77.3 Å². The Morgan fingerprint density at radius 1 is 1.13 bits per heavy atom. The van der Waals surface area contributed by atoms with Gasteiger partial charge in [-0.25, -0.2) is 0 Å². The van der Waals surface area contributed by atoms with E-state index in [1.807, 2.05) is 6.92 Å². The van der Waals surface area contributed by atoms with E-state index >= 15 is 0 Å². The molecule has 1 aliphatic heterocycles. The van der Waals surface area contributed by atoms with Crippen LogP contribution in [-0.2, 0) is 9.53 Å². The molecule has 1 saturated heterocycles. The molecule has 0 unspecified atom stereocenters. The number of rotatable bonds is 10. The lowest BCUT2D eigenvalue weighted by Gasteiger charge is -2.32. The van der Waals surface area contributed by atoms with Gasteiger partial charge in [0.1, 0.15) is 6.10 Å². The number of carbonyl (C=O) groups excluding carboxylic acids is 1. The number of hydrogen-bond acceptors (Lipinski definition) is 4. The summed E-state index contributed by atoms with van der Waals surface area (Å²) in [6, 6.07) is 0. The minimum atomic E-state index is -4.11. The van der Waals surface area contributed by atoms with E-state index in [0.29, 0.717) is 38.4 Å². The van der Waals surface area contributed by atoms with Gasteiger partial charge in [0, 0.05) is 26.1 Å². The molecule has 1 aliphatic carbocycles. The Morgan fingerprint density at radius 2 is 1.81 bits per heavy atom. The lowest BCUT2D eigenvalue weighted by molar-refractivity contribution is -0.149. The zero-order valence-electron chi connectivity index (χ0n) is 18.5. The number of alkyl halides is 3. The predicted octanol–water partition coefficient (Wildman–Crippen LogP) is 4.09. The van der Waals surface area contributed by atoms with Gasteiger partial charge in [-0.2, -0.15) is 13.2 Å². The molecule has 2 aliphatic rings. The van der Waals surface area contributed by atoms with Crippen LogP contribution in [0.3, 0.4) is 0 Å². The Kier molecular flexibility index (Phi) is 13.8. The van der Waals surface area contributed by atoms with Crippen molar-refractivity contribution in [3.8, 4) is 0 Å². The number of carbonyl (C=O) groups is 1. The van der Waals surface area contributed by atoms with Gasteiger partial charge >= 0.3 is 12.1 Å². The fourth-order valence-corrected chi connectivity index (χ4v) is 4.09. The third-order valence-corrected chi connectivity index (χ3v) is 5.71. The van der Waals surface area contributed by atoms with Crippen LogP contribution < -0.4 is 10.6 Å². The van der Waals surface area contributed by atoms with E-state index in [2.05, 4.69) is 15.6 Å². The summed E-state index contributed by atoms with van der Waals surface area (Å²) >= 11 is 0. The first-order valence-electron chi connectivity index (χ1n) is 11.4. The Morgan fingerprint density at radius 3 is 2.42 bits per heavy atom. The van der Waals surface area contributed by atoms with Crippen molar-refractivity contribution >= 4 is 35.9 Å². The van der Waals surface area contributed by atoms with Crippen molar-refractivity contribution in [2.75, 3.05) is 39.3 Å². The molecule has 2 fully saturated rings. The summed E-state index contributed by atoms with van der Waals surface area (Å²) in [5, 5.41) is 6.48.